The molecule has 1 heterocycles. The molecule has 2 nitrogen and oxygen atoms in total. The Morgan fingerprint density at radius 1 is 1.33 bits per heavy atom. The van der Waals surface area contributed by atoms with E-state index in [1.54, 1.807) is 20.8 Å². The molecule has 0 aliphatic carbocycles. The van der Waals surface area contributed by atoms with Gasteiger partial charge in [0.1, 0.15) is 0 Å². The zero-order valence-corrected chi connectivity index (χ0v) is 8.08. The SMILES string of the molecule is CC(C)(C)C1CS(=O)(=O)C1(F)F. The van der Waals surface area contributed by atoms with E-state index in [4.69, 9.17) is 0 Å². The van der Waals surface area contributed by atoms with Gasteiger partial charge in [0.2, 0.25) is 9.84 Å². The molecule has 0 aromatic carbocycles. The molecule has 0 saturated carbocycles. The molecule has 1 aliphatic rings. The van der Waals surface area contributed by atoms with Crippen LogP contribution in [0.3, 0.4) is 0 Å². The molecule has 1 rings (SSSR count). The van der Waals surface area contributed by atoms with Gasteiger partial charge in [-0.1, -0.05) is 20.8 Å². The molecule has 0 amide bonds. The van der Waals surface area contributed by atoms with Crippen LogP contribution in [0.15, 0.2) is 0 Å². The first-order valence-electron chi connectivity index (χ1n) is 3.69. The fraction of sp³-hybridized carbons (Fsp3) is 1.00. The molecule has 1 atom stereocenters. The Kier molecular flexibility index (Phi) is 1.80. The second-order valence-electron chi connectivity index (χ2n) is 4.26. The lowest BCUT2D eigenvalue weighted by molar-refractivity contribution is -0.0377. The fourth-order valence-electron chi connectivity index (χ4n) is 1.30. The van der Waals surface area contributed by atoms with Gasteiger partial charge < -0.3 is 0 Å². The predicted octanol–water partition coefficient (Wildman–Crippen LogP) is 1.67. The maximum Gasteiger partial charge on any atom is 0.349 e. The van der Waals surface area contributed by atoms with Crippen molar-refractivity contribution in [2.24, 2.45) is 11.3 Å². The summed E-state index contributed by atoms with van der Waals surface area (Å²) in [6, 6.07) is 0. The van der Waals surface area contributed by atoms with Crippen molar-refractivity contribution < 1.29 is 17.2 Å². The molecule has 0 aromatic rings. The summed E-state index contributed by atoms with van der Waals surface area (Å²) < 4.78 is 47.1. The minimum absolute atomic E-state index is 0.385. The van der Waals surface area contributed by atoms with Gasteiger partial charge in [0.25, 0.3) is 0 Å². The van der Waals surface area contributed by atoms with E-state index in [2.05, 4.69) is 0 Å². The Morgan fingerprint density at radius 3 is 1.83 bits per heavy atom. The van der Waals surface area contributed by atoms with Gasteiger partial charge in [-0.05, 0) is 5.41 Å². The van der Waals surface area contributed by atoms with Crippen molar-refractivity contribution in [1.82, 2.24) is 0 Å². The quantitative estimate of drug-likeness (QED) is 0.593. The van der Waals surface area contributed by atoms with Crippen LogP contribution in [0.4, 0.5) is 8.78 Å². The summed E-state index contributed by atoms with van der Waals surface area (Å²) in [6.07, 6.45) is 0. The van der Waals surface area contributed by atoms with Crippen LogP contribution in [0.1, 0.15) is 20.8 Å². The van der Waals surface area contributed by atoms with Crippen molar-refractivity contribution >= 4 is 9.84 Å². The van der Waals surface area contributed by atoms with Crippen LogP contribution in [0.25, 0.3) is 0 Å². The van der Waals surface area contributed by atoms with Crippen LogP contribution < -0.4 is 0 Å². The van der Waals surface area contributed by atoms with Crippen LogP contribution in [0.5, 0.6) is 0 Å². The van der Waals surface area contributed by atoms with E-state index in [1.807, 2.05) is 0 Å². The maximum absolute atomic E-state index is 12.9. The highest BCUT2D eigenvalue weighted by Crippen LogP contribution is 2.51. The number of hydrogen-bond acceptors (Lipinski definition) is 2. The molecular formula is C7H12F2O2S. The van der Waals surface area contributed by atoms with Crippen molar-refractivity contribution in [3.05, 3.63) is 0 Å². The average Bonchev–Trinajstić information content (AvgIpc) is 1.81. The number of sulfone groups is 1. The molecule has 1 fully saturated rings. The molecule has 0 bridgehead atoms. The van der Waals surface area contributed by atoms with E-state index in [1.165, 1.54) is 0 Å². The van der Waals surface area contributed by atoms with Crippen LogP contribution in [-0.2, 0) is 9.84 Å². The first-order valence-corrected chi connectivity index (χ1v) is 5.34. The summed E-state index contributed by atoms with van der Waals surface area (Å²) in [4.78, 5) is 0. The van der Waals surface area contributed by atoms with Crippen LogP contribution in [0, 0.1) is 11.3 Å². The van der Waals surface area contributed by atoms with Gasteiger partial charge in [0.15, 0.2) is 0 Å². The van der Waals surface area contributed by atoms with E-state index in [9.17, 15) is 17.2 Å². The molecular weight excluding hydrogens is 186 g/mol. The topological polar surface area (TPSA) is 34.1 Å². The minimum atomic E-state index is -4.13. The Hall–Kier alpha value is -0.190. The van der Waals surface area contributed by atoms with Crippen molar-refractivity contribution in [1.29, 1.82) is 0 Å². The summed E-state index contributed by atoms with van der Waals surface area (Å²) in [5, 5.41) is -3.51. The lowest BCUT2D eigenvalue weighted by Crippen LogP contribution is -2.58. The highest BCUT2D eigenvalue weighted by Gasteiger charge is 2.66. The van der Waals surface area contributed by atoms with Gasteiger partial charge in [-0.25, -0.2) is 8.42 Å². The first-order chi connectivity index (χ1) is 5.09. The monoisotopic (exact) mass is 198 g/mol. The summed E-state index contributed by atoms with van der Waals surface area (Å²) in [7, 11) is -4.13. The summed E-state index contributed by atoms with van der Waals surface area (Å²) in [5.74, 6) is -1.42. The lowest BCUT2D eigenvalue weighted by atomic mass is 9.81. The van der Waals surface area contributed by atoms with Gasteiger partial charge in [-0.3, -0.25) is 0 Å². The number of hydrogen-bond donors (Lipinski definition) is 0. The molecule has 1 saturated heterocycles. The normalized spacial score (nSPS) is 32.6. The fourth-order valence-corrected chi connectivity index (χ4v) is 3.24. The molecule has 0 spiro atoms. The number of alkyl halides is 2. The molecule has 12 heavy (non-hydrogen) atoms. The van der Waals surface area contributed by atoms with Crippen LogP contribution in [0.2, 0.25) is 0 Å². The third kappa shape index (κ3) is 1.14. The lowest BCUT2D eigenvalue weighted by Gasteiger charge is -2.43. The molecule has 5 heteroatoms. The highest BCUT2D eigenvalue weighted by atomic mass is 32.2. The van der Waals surface area contributed by atoms with E-state index in [0.717, 1.165) is 0 Å². The van der Waals surface area contributed by atoms with Crippen LogP contribution in [-0.4, -0.2) is 19.4 Å². The summed E-state index contributed by atoms with van der Waals surface area (Å²) in [5.41, 5.74) is -0.644. The molecule has 0 radical (unpaired) electrons. The first kappa shape index (κ1) is 9.89. The average molecular weight is 198 g/mol. The van der Waals surface area contributed by atoms with Crippen molar-refractivity contribution in [3.8, 4) is 0 Å². The second kappa shape index (κ2) is 2.19. The molecule has 1 unspecified atom stereocenters. The number of rotatable bonds is 0. The minimum Gasteiger partial charge on any atom is -0.223 e. The highest BCUT2D eigenvalue weighted by molar-refractivity contribution is 7.93. The molecule has 1 aliphatic heterocycles. The van der Waals surface area contributed by atoms with E-state index < -0.39 is 26.4 Å². The third-order valence-electron chi connectivity index (χ3n) is 2.25. The zero-order valence-electron chi connectivity index (χ0n) is 7.27. The largest absolute Gasteiger partial charge is 0.349 e. The van der Waals surface area contributed by atoms with Gasteiger partial charge in [-0.15, -0.1) is 0 Å². The molecule has 0 aromatic heterocycles. The third-order valence-corrected chi connectivity index (χ3v) is 4.14. The molecule has 0 N–H and O–H groups in total. The number of halogens is 2. The maximum atomic E-state index is 12.9. The van der Waals surface area contributed by atoms with Gasteiger partial charge in [0.05, 0.1) is 11.7 Å². The standard InChI is InChI=1S/C7H12F2O2S/c1-6(2,3)5-4-12(10,11)7(5,8)9/h5H,4H2,1-3H3. The van der Waals surface area contributed by atoms with Crippen molar-refractivity contribution in [2.75, 3.05) is 5.75 Å². The van der Waals surface area contributed by atoms with E-state index in [0.29, 0.717) is 0 Å². The van der Waals surface area contributed by atoms with E-state index >= 15 is 0 Å². The Bertz CT molecular complexity index is 287. The summed E-state index contributed by atoms with van der Waals surface area (Å²) >= 11 is 0. The Morgan fingerprint density at radius 2 is 1.75 bits per heavy atom. The predicted molar refractivity (Wildman–Crippen MR) is 41.7 cm³/mol. The second-order valence-corrected chi connectivity index (χ2v) is 6.37. The molecule has 72 valence electrons. The zero-order chi connectivity index (χ0) is 9.78. The van der Waals surface area contributed by atoms with E-state index in [-0.39, 0.29) is 5.75 Å². The Balaban J connectivity index is 2.95. The van der Waals surface area contributed by atoms with Crippen molar-refractivity contribution in [2.45, 2.75) is 26.0 Å². The van der Waals surface area contributed by atoms with Gasteiger partial charge in [0, 0.05) is 0 Å². The summed E-state index contributed by atoms with van der Waals surface area (Å²) in [6.45, 7) is 4.88. The van der Waals surface area contributed by atoms with Gasteiger partial charge in [-0.2, -0.15) is 8.78 Å². The van der Waals surface area contributed by atoms with Crippen LogP contribution >= 0.6 is 0 Å². The Labute approximate surface area is 70.9 Å². The smallest absolute Gasteiger partial charge is 0.223 e. The van der Waals surface area contributed by atoms with Crippen molar-refractivity contribution in [3.63, 3.8) is 0 Å². The van der Waals surface area contributed by atoms with Gasteiger partial charge >= 0.3 is 5.25 Å².